The summed E-state index contributed by atoms with van der Waals surface area (Å²) < 4.78 is 12.7. The molecular formula is C25H33N5O3. The fourth-order valence-corrected chi connectivity index (χ4v) is 4.52. The predicted octanol–water partition coefficient (Wildman–Crippen LogP) is 3.17. The Morgan fingerprint density at radius 3 is 2.64 bits per heavy atom. The molecule has 33 heavy (non-hydrogen) atoms. The van der Waals surface area contributed by atoms with Gasteiger partial charge >= 0.3 is 0 Å². The van der Waals surface area contributed by atoms with Crippen molar-refractivity contribution in [3.05, 3.63) is 41.2 Å². The first-order chi connectivity index (χ1) is 16.0. The van der Waals surface area contributed by atoms with Gasteiger partial charge in [-0.05, 0) is 63.9 Å². The number of nitrogens with one attached hydrogen (secondary N) is 1. The van der Waals surface area contributed by atoms with Gasteiger partial charge in [-0.15, -0.1) is 0 Å². The van der Waals surface area contributed by atoms with E-state index in [2.05, 4.69) is 10.2 Å². The number of hydrogen-bond acceptors (Lipinski definition) is 6. The summed E-state index contributed by atoms with van der Waals surface area (Å²) in [6, 6.07) is 7.63. The van der Waals surface area contributed by atoms with Crippen molar-refractivity contribution in [3.8, 4) is 22.8 Å². The Hall–Kier alpha value is -3.13. The number of carbonyl (C=O) groups is 1. The zero-order valence-corrected chi connectivity index (χ0v) is 20.0. The molecule has 1 aliphatic heterocycles. The molecule has 8 nitrogen and oxygen atoms in total. The van der Waals surface area contributed by atoms with E-state index in [0.717, 1.165) is 59.2 Å². The fraction of sp³-hybridized carbons (Fsp3) is 0.480. The van der Waals surface area contributed by atoms with Crippen molar-refractivity contribution in [1.82, 2.24) is 24.8 Å². The summed E-state index contributed by atoms with van der Waals surface area (Å²) in [6.07, 6.45) is 3.61. The highest BCUT2D eigenvalue weighted by Crippen LogP contribution is 2.33. The minimum atomic E-state index is 0.0808. The monoisotopic (exact) mass is 451 g/mol. The van der Waals surface area contributed by atoms with Crippen LogP contribution in [-0.4, -0.2) is 65.8 Å². The first-order valence-electron chi connectivity index (χ1n) is 11.6. The summed E-state index contributed by atoms with van der Waals surface area (Å²) in [4.78, 5) is 19.6. The maximum absolute atomic E-state index is 12.4. The number of amides is 1. The average molecular weight is 452 g/mol. The first kappa shape index (κ1) is 23.0. The van der Waals surface area contributed by atoms with Gasteiger partial charge in [-0.3, -0.25) is 4.79 Å². The number of aromatic nitrogens is 3. The third kappa shape index (κ3) is 5.11. The van der Waals surface area contributed by atoms with Gasteiger partial charge in [-0.1, -0.05) is 0 Å². The number of likely N-dealkylation sites (tertiary alicyclic amines) is 1. The molecule has 1 aliphatic rings. The topological polar surface area (TPSA) is 81.0 Å². The maximum Gasteiger partial charge on any atom is 0.220 e. The van der Waals surface area contributed by atoms with Gasteiger partial charge in [-0.25, -0.2) is 9.50 Å². The summed E-state index contributed by atoms with van der Waals surface area (Å²) in [7, 11) is 3.26. The second kappa shape index (κ2) is 10.2. The zero-order valence-electron chi connectivity index (χ0n) is 20.0. The van der Waals surface area contributed by atoms with Crippen LogP contribution < -0.4 is 14.8 Å². The molecule has 0 saturated carbocycles. The Labute approximate surface area is 194 Å². The van der Waals surface area contributed by atoms with Crippen molar-refractivity contribution in [2.45, 2.75) is 39.5 Å². The highest BCUT2D eigenvalue weighted by molar-refractivity contribution is 5.76. The van der Waals surface area contributed by atoms with E-state index in [1.807, 2.05) is 42.6 Å². The predicted molar refractivity (Wildman–Crippen MR) is 128 cm³/mol. The van der Waals surface area contributed by atoms with E-state index < -0.39 is 0 Å². The molecule has 0 aliphatic carbocycles. The van der Waals surface area contributed by atoms with Gasteiger partial charge in [0.2, 0.25) is 5.91 Å². The van der Waals surface area contributed by atoms with E-state index in [1.54, 1.807) is 14.2 Å². The van der Waals surface area contributed by atoms with Crippen LogP contribution in [0, 0.1) is 13.8 Å². The van der Waals surface area contributed by atoms with Crippen LogP contribution in [0.1, 0.15) is 36.2 Å². The lowest BCUT2D eigenvalue weighted by Crippen LogP contribution is -2.33. The van der Waals surface area contributed by atoms with Gasteiger partial charge in [0.1, 0.15) is 11.5 Å². The van der Waals surface area contributed by atoms with Gasteiger partial charge in [0.15, 0.2) is 5.65 Å². The molecule has 3 heterocycles. The van der Waals surface area contributed by atoms with E-state index in [1.165, 1.54) is 12.8 Å². The maximum atomic E-state index is 12.4. The molecule has 0 bridgehead atoms. The molecule has 1 amide bonds. The summed E-state index contributed by atoms with van der Waals surface area (Å²) in [5.41, 5.74) is 5.42. The number of rotatable bonds is 9. The van der Waals surface area contributed by atoms with E-state index in [-0.39, 0.29) is 5.91 Å². The molecule has 1 fully saturated rings. The molecule has 1 aromatic carbocycles. The molecule has 1 N–H and O–H groups in total. The minimum absolute atomic E-state index is 0.0808. The van der Waals surface area contributed by atoms with Crippen LogP contribution in [0.15, 0.2) is 24.3 Å². The van der Waals surface area contributed by atoms with E-state index in [0.29, 0.717) is 25.1 Å². The second-order valence-electron chi connectivity index (χ2n) is 8.53. The Kier molecular flexibility index (Phi) is 7.13. The second-order valence-corrected chi connectivity index (χ2v) is 8.53. The number of benzene rings is 1. The molecule has 0 unspecified atom stereocenters. The quantitative estimate of drug-likeness (QED) is 0.538. The summed E-state index contributed by atoms with van der Waals surface area (Å²) in [5.74, 6) is 1.50. The fourth-order valence-electron chi connectivity index (χ4n) is 4.52. The third-order valence-corrected chi connectivity index (χ3v) is 6.40. The number of nitrogens with zero attached hydrogens (tertiary/aromatic N) is 4. The number of ether oxygens (including phenoxy) is 2. The smallest absolute Gasteiger partial charge is 0.220 e. The molecule has 176 valence electrons. The highest BCUT2D eigenvalue weighted by atomic mass is 16.5. The summed E-state index contributed by atoms with van der Waals surface area (Å²) in [6.45, 7) is 7.96. The van der Waals surface area contributed by atoms with Crippen molar-refractivity contribution in [3.63, 3.8) is 0 Å². The normalized spacial score (nSPS) is 14.1. The number of fused-ring (bicyclic) bond motifs is 1. The molecule has 0 spiro atoms. The van der Waals surface area contributed by atoms with Crippen LogP contribution in [0.3, 0.4) is 0 Å². The van der Waals surface area contributed by atoms with Gasteiger partial charge < -0.3 is 19.7 Å². The van der Waals surface area contributed by atoms with Gasteiger partial charge in [0, 0.05) is 48.6 Å². The van der Waals surface area contributed by atoms with Crippen LogP contribution in [-0.2, 0) is 11.2 Å². The number of aryl methyl sites for hydroxylation is 2. The molecule has 1 saturated heterocycles. The van der Waals surface area contributed by atoms with Gasteiger partial charge in [0.25, 0.3) is 0 Å². The van der Waals surface area contributed by atoms with Crippen molar-refractivity contribution in [2.75, 3.05) is 40.4 Å². The van der Waals surface area contributed by atoms with Gasteiger partial charge in [-0.2, -0.15) is 5.10 Å². The zero-order chi connectivity index (χ0) is 23.4. The number of hydrogen-bond donors (Lipinski definition) is 1. The third-order valence-electron chi connectivity index (χ3n) is 6.40. The Balaban J connectivity index is 1.48. The van der Waals surface area contributed by atoms with Gasteiger partial charge in [0.05, 0.1) is 19.9 Å². The SMILES string of the molecule is COc1ccc(-c2cc3nc(C)c(CCC(=O)NCCN4CCCC4)c(C)n3n2)c(OC)c1. The Bertz CT molecular complexity index is 1130. The van der Waals surface area contributed by atoms with Crippen LogP contribution >= 0.6 is 0 Å². The summed E-state index contributed by atoms with van der Waals surface area (Å²) >= 11 is 0. The van der Waals surface area contributed by atoms with Crippen LogP contribution in [0.25, 0.3) is 16.9 Å². The van der Waals surface area contributed by atoms with Crippen molar-refractivity contribution >= 4 is 11.6 Å². The molecular weight excluding hydrogens is 418 g/mol. The highest BCUT2D eigenvalue weighted by Gasteiger charge is 2.17. The summed E-state index contributed by atoms with van der Waals surface area (Å²) in [5, 5.41) is 7.85. The Morgan fingerprint density at radius 1 is 1.12 bits per heavy atom. The van der Waals surface area contributed by atoms with Crippen LogP contribution in [0.5, 0.6) is 11.5 Å². The Morgan fingerprint density at radius 2 is 1.91 bits per heavy atom. The van der Waals surface area contributed by atoms with E-state index in [9.17, 15) is 4.79 Å². The standard InChI is InChI=1S/C25H33N5O3/c1-17-20(9-10-25(31)26-11-14-29-12-5-6-13-29)18(2)30-24(27-17)16-22(28-30)21-8-7-19(32-3)15-23(21)33-4/h7-8,15-16H,5-6,9-14H2,1-4H3,(H,26,31). The average Bonchev–Trinajstić information content (AvgIpc) is 3.48. The van der Waals surface area contributed by atoms with Crippen LogP contribution in [0.2, 0.25) is 0 Å². The van der Waals surface area contributed by atoms with Crippen molar-refractivity contribution in [1.29, 1.82) is 0 Å². The molecule has 0 radical (unpaired) electrons. The van der Waals surface area contributed by atoms with Crippen molar-refractivity contribution in [2.24, 2.45) is 0 Å². The first-order valence-corrected chi connectivity index (χ1v) is 11.6. The number of carbonyl (C=O) groups excluding carboxylic acids is 1. The minimum Gasteiger partial charge on any atom is -0.497 e. The lowest BCUT2D eigenvalue weighted by molar-refractivity contribution is -0.121. The molecule has 4 rings (SSSR count). The lowest BCUT2D eigenvalue weighted by Gasteiger charge is -2.15. The van der Waals surface area contributed by atoms with E-state index >= 15 is 0 Å². The molecule has 8 heteroatoms. The van der Waals surface area contributed by atoms with Crippen molar-refractivity contribution < 1.29 is 14.3 Å². The number of methoxy groups -OCH3 is 2. The lowest BCUT2D eigenvalue weighted by atomic mass is 10.1. The molecule has 0 atom stereocenters. The largest absolute Gasteiger partial charge is 0.497 e. The van der Waals surface area contributed by atoms with E-state index in [4.69, 9.17) is 19.6 Å². The van der Waals surface area contributed by atoms with Crippen LogP contribution in [0.4, 0.5) is 0 Å². The molecule has 2 aromatic heterocycles. The molecule has 3 aromatic rings.